The van der Waals surface area contributed by atoms with Crippen molar-refractivity contribution in [1.29, 1.82) is 0 Å². The number of aryl methyl sites for hydroxylation is 1. The molecule has 0 aromatic heterocycles. The van der Waals surface area contributed by atoms with E-state index in [1.165, 1.54) is 6.07 Å². The van der Waals surface area contributed by atoms with Gasteiger partial charge < -0.3 is 4.74 Å². The fraction of sp³-hybridized carbons (Fsp3) is 0.200. The molecule has 0 aliphatic rings. The zero-order valence-electron chi connectivity index (χ0n) is 10.4. The van der Waals surface area contributed by atoms with Gasteiger partial charge in [-0.3, -0.25) is 0 Å². The molecule has 0 saturated heterocycles. The Morgan fingerprint density at radius 3 is 2.74 bits per heavy atom. The lowest BCUT2D eigenvalue weighted by Gasteiger charge is -2.10. The normalized spacial score (nSPS) is 10.5. The summed E-state index contributed by atoms with van der Waals surface area (Å²) in [5.74, 6) is 0.448. The second-order valence-corrected chi connectivity index (χ2v) is 5.31. The van der Waals surface area contributed by atoms with Gasteiger partial charge in [0.05, 0.1) is 4.47 Å². The van der Waals surface area contributed by atoms with Crippen molar-refractivity contribution in [3.63, 3.8) is 0 Å². The van der Waals surface area contributed by atoms with Crippen molar-refractivity contribution < 1.29 is 9.13 Å². The van der Waals surface area contributed by atoms with E-state index < -0.39 is 0 Å². The van der Waals surface area contributed by atoms with E-state index in [4.69, 9.17) is 16.3 Å². The molecule has 0 saturated carbocycles. The van der Waals surface area contributed by atoms with E-state index in [2.05, 4.69) is 15.9 Å². The lowest BCUT2D eigenvalue weighted by molar-refractivity contribution is 0.304. The molecule has 0 atom stereocenters. The predicted molar refractivity (Wildman–Crippen MR) is 79.3 cm³/mol. The van der Waals surface area contributed by atoms with Gasteiger partial charge in [0, 0.05) is 10.6 Å². The molecule has 0 aliphatic heterocycles. The van der Waals surface area contributed by atoms with E-state index in [0.717, 1.165) is 28.3 Å². The Labute approximate surface area is 125 Å². The van der Waals surface area contributed by atoms with Gasteiger partial charge in [0.2, 0.25) is 0 Å². The monoisotopic (exact) mass is 342 g/mol. The number of hydrogen-bond acceptors (Lipinski definition) is 1. The number of benzene rings is 2. The van der Waals surface area contributed by atoms with E-state index in [9.17, 15) is 4.39 Å². The van der Waals surface area contributed by atoms with Gasteiger partial charge in [-0.1, -0.05) is 30.7 Å². The Balaban J connectivity index is 2.12. The highest BCUT2D eigenvalue weighted by molar-refractivity contribution is 9.10. The Morgan fingerprint density at radius 2 is 2.00 bits per heavy atom. The maximum atomic E-state index is 13.4. The van der Waals surface area contributed by atoms with Crippen LogP contribution in [0.3, 0.4) is 0 Å². The van der Waals surface area contributed by atoms with E-state index in [-0.39, 0.29) is 5.82 Å². The average Bonchev–Trinajstić information content (AvgIpc) is 2.42. The summed E-state index contributed by atoms with van der Waals surface area (Å²) in [6, 6.07) is 10.4. The van der Waals surface area contributed by atoms with Crippen molar-refractivity contribution in [2.24, 2.45) is 0 Å². The van der Waals surface area contributed by atoms with Crippen LogP contribution in [0.2, 0.25) is 5.02 Å². The standard InChI is InChI=1S/C15H13BrClFO/c1-2-10-8-12(6-7-13(10)17)19-9-11-4-3-5-14(18)15(11)16/h3-8H,2,9H2,1H3. The molecule has 1 nitrogen and oxygen atoms in total. The fourth-order valence-corrected chi connectivity index (χ4v) is 2.36. The summed E-state index contributed by atoms with van der Waals surface area (Å²) in [5.41, 5.74) is 1.81. The molecule has 0 heterocycles. The second kappa shape index (κ2) is 6.40. The fourth-order valence-electron chi connectivity index (χ4n) is 1.73. The number of ether oxygens (including phenoxy) is 1. The van der Waals surface area contributed by atoms with Gasteiger partial charge in [0.15, 0.2) is 0 Å². The molecule has 100 valence electrons. The number of hydrogen-bond donors (Lipinski definition) is 0. The van der Waals surface area contributed by atoms with Crippen LogP contribution in [0.25, 0.3) is 0 Å². The van der Waals surface area contributed by atoms with Crippen LogP contribution in [0.15, 0.2) is 40.9 Å². The van der Waals surface area contributed by atoms with Crippen LogP contribution in [0.5, 0.6) is 5.75 Å². The summed E-state index contributed by atoms with van der Waals surface area (Å²) in [6.07, 6.45) is 0.847. The van der Waals surface area contributed by atoms with E-state index in [1.807, 2.05) is 31.2 Å². The van der Waals surface area contributed by atoms with E-state index >= 15 is 0 Å². The third kappa shape index (κ3) is 3.48. The maximum Gasteiger partial charge on any atom is 0.137 e. The molecule has 0 unspecified atom stereocenters. The SMILES string of the molecule is CCc1cc(OCc2cccc(F)c2Br)ccc1Cl. The Bertz CT molecular complexity index is 586. The smallest absolute Gasteiger partial charge is 0.137 e. The summed E-state index contributed by atoms with van der Waals surface area (Å²) in [6.45, 7) is 2.34. The zero-order chi connectivity index (χ0) is 13.8. The Morgan fingerprint density at radius 1 is 1.21 bits per heavy atom. The lowest BCUT2D eigenvalue weighted by Crippen LogP contribution is -1.98. The molecule has 2 aromatic carbocycles. The second-order valence-electron chi connectivity index (χ2n) is 4.11. The molecule has 0 fully saturated rings. The minimum Gasteiger partial charge on any atom is -0.489 e. The summed E-state index contributed by atoms with van der Waals surface area (Å²) in [5, 5.41) is 0.738. The van der Waals surface area contributed by atoms with Crippen LogP contribution in [-0.2, 0) is 13.0 Å². The molecule has 0 bridgehead atoms. The van der Waals surface area contributed by atoms with Gasteiger partial charge in [0.25, 0.3) is 0 Å². The quantitative estimate of drug-likeness (QED) is 0.724. The molecule has 19 heavy (non-hydrogen) atoms. The summed E-state index contributed by atoms with van der Waals surface area (Å²) < 4.78 is 19.5. The maximum absolute atomic E-state index is 13.4. The lowest BCUT2D eigenvalue weighted by atomic mass is 10.1. The topological polar surface area (TPSA) is 9.23 Å². The van der Waals surface area contributed by atoms with Gasteiger partial charge in [-0.05, 0) is 52.2 Å². The van der Waals surface area contributed by atoms with E-state index in [1.54, 1.807) is 6.07 Å². The van der Waals surface area contributed by atoms with Crippen LogP contribution in [-0.4, -0.2) is 0 Å². The van der Waals surface area contributed by atoms with Crippen molar-refractivity contribution in [3.05, 3.63) is 62.8 Å². The number of rotatable bonds is 4. The Hall–Kier alpha value is -1.06. The van der Waals surface area contributed by atoms with Crippen LogP contribution in [0.1, 0.15) is 18.1 Å². The minimum absolute atomic E-state index is 0.286. The molecule has 0 amide bonds. The van der Waals surface area contributed by atoms with Crippen molar-refractivity contribution in [1.82, 2.24) is 0 Å². The number of halogens is 3. The first kappa shape index (κ1) is 14.4. The molecule has 0 spiro atoms. The highest BCUT2D eigenvalue weighted by atomic mass is 79.9. The van der Waals surface area contributed by atoms with Crippen LogP contribution in [0, 0.1) is 5.82 Å². The van der Waals surface area contributed by atoms with Gasteiger partial charge in [-0.2, -0.15) is 0 Å². The first-order valence-electron chi connectivity index (χ1n) is 5.96. The molecular formula is C15H13BrClFO. The molecule has 2 rings (SSSR count). The Kier molecular flexibility index (Phi) is 4.83. The van der Waals surface area contributed by atoms with Gasteiger partial charge in [0.1, 0.15) is 18.2 Å². The van der Waals surface area contributed by atoms with Gasteiger partial charge in [-0.25, -0.2) is 4.39 Å². The molecule has 0 aliphatic carbocycles. The van der Waals surface area contributed by atoms with Crippen molar-refractivity contribution in [3.8, 4) is 5.75 Å². The molecule has 4 heteroatoms. The summed E-state index contributed by atoms with van der Waals surface area (Å²) in [4.78, 5) is 0. The summed E-state index contributed by atoms with van der Waals surface area (Å²) in [7, 11) is 0. The average molecular weight is 344 g/mol. The van der Waals surface area contributed by atoms with Gasteiger partial charge >= 0.3 is 0 Å². The highest BCUT2D eigenvalue weighted by Crippen LogP contribution is 2.25. The zero-order valence-corrected chi connectivity index (χ0v) is 12.8. The first-order chi connectivity index (χ1) is 9.11. The summed E-state index contributed by atoms with van der Waals surface area (Å²) >= 11 is 9.26. The van der Waals surface area contributed by atoms with Crippen molar-refractivity contribution in [2.75, 3.05) is 0 Å². The molecule has 0 radical (unpaired) electrons. The largest absolute Gasteiger partial charge is 0.489 e. The first-order valence-corrected chi connectivity index (χ1v) is 7.13. The van der Waals surface area contributed by atoms with Crippen molar-refractivity contribution >= 4 is 27.5 Å². The molecule has 2 aromatic rings. The van der Waals surface area contributed by atoms with Crippen LogP contribution >= 0.6 is 27.5 Å². The minimum atomic E-state index is -0.286. The van der Waals surface area contributed by atoms with Crippen LogP contribution < -0.4 is 4.74 Å². The predicted octanol–water partition coefficient (Wildman–Crippen LogP) is 5.38. The van der Waals surface area contributed by atoms with E-state index in [0.29, 0.717) is 11.1 Å². The molecule has 0 N–H and O–H groups in total. The van der Waals surface area contributed by atoms with Crippen molar-refractivity contribution in [2.45, 2.75) is 20.0 Å². The van der Waals surface area contributed by atoms with Gasteiger partial charge in [-0.15, -0.1) is 0 Å². The third-order valence-electron chi connectivity index (χ3n) is 2.82. The third-order valence-corrected chi connectivity index (χ3v) is 4.08. The molecular weight excluding hydrogens is 331 g/mol. The highest BCUT2D eigenvalue weighted by Gasteiger charge is 2.06. The van der Waals surface area contributed by atoms with Crippen LogP contribution in [0.4, 0.5) is 4.39 Å².